The van der Waals surface area contributed by atoms with Gasteiger partial charge >= 0.3 is 0 Å². The second kappa shape index (κ2) is 4.45. The Labute approximate surface area is 78.5 Å². The molecule has 0 spiro atoms. The van der Waals surface area contributed by atoms with Crippen LogP contribution in [0, 0.1) is 0 Å². The van der Waals surface area contributed by atoms with Crippen LogP contribution in [-0.4, -0.2) is 20.4 Å². The van der Waals surface area contributed by atoms with Gasteiger partial charge in [-0.25, -0.2) is 0 Å². The number of nitrogens with zero attached hydrogens (tertiary/aromatic N) is 1. The molecule has 1 aromatic rings. The van der Waals surface area contributed by atoms with E-state index in [2.05, 4.69) is 0 Å². The number of allylic oxidation sites excluding steroid dienone is 1. The van der Waals surface area contributed by atoms with E-state index in [0.29, 0.717) is 0 Å². The molecule has 67 valence electrons. The van der Waals surface area contributed by atoms with E-state index in [1.165, 1.54) is 6.08 Å². The molecule has 0 fully saturated rings. The van der Waals surface area contributed by atoms with E-state index in [1.54, 1.807) is 12.4 Å². The van der Waals surface area contributed by atoms with Crippen LogP contribution < -0.4 is 4.90 Å². The second-order valence-corrected chi connectivity index (χ2v) is 2.94. The van der Waals surface area contributed by atoms with E-state index in [0.717, 1.165) is 11.3 Å². The van der Waals surface area contributed by atoms with Crippen LogP contribution in [0.2, 0.25) is 0 Å². The van der Waals surface area contributed by atoms with Crippen molar-refractivity contribution in [3.8, 4) is 0 Å². The molecule has 0 amide bonds. The number of anilines is 1. The van der Waals surface area contributed by atoms with Crippen molar-refractivity contribution in [3.63, 3.8) is 0 Å². The van der Waals surface area contributed by atoms with Crippen molar-refractivity contribution in [1.29, 1.82) is 0 Å². The Bertz CT molecular complexity index is 316. The average molecular weight is 174 g/mol. The van der Waals surface area contributed by atoms with E-state index in [4.69, 9.17) is 0 Å². The summed E-state index contributed by atoms with van der Waals surface area (Å²) in [5.74, 6) is 0. The van der Waals surface area contributed by atoms with Gasteiger partial charge in [0.05, 0.1) is 0 Å². The monoisotopic (exact) mass is 174 g/mol. The lowest BCUT2D eigenvalue weighted by Gasteiger charge is -2.12. The lowest BCUT2D eigenvalue weighted by Crippen LogP contribution is -2.08. The third-order valence-electron chi connectivity index (χ3n) is 1.73. The fraction of sp³-hybridized carbons (Fsp3) is 0.182. The molecule has 0 N–H and O–H groups in total. The fourth-order valence-electron chi connectivity index (χ4n) is 1.04. The molecular formula is C11H12NO. The fourth-order valence-corrected chi connectivity index (χ4v) is 1.04. The smallest absolute Gasteiger partial charge is 0.225 e. The normalized spacial score (nSPS) is 10.3. The zero-order valence-electron chi connectivity index (χ0n) is 7.82. The molecule has 0 aliphatic heterocycles. The highest BCUT2D eigenvalue weighted by Gasteiger charge is 1.93. The van der Waals surface area contributed by atoms with Crippen LogP contribution in [0.3, 0.4) is 0 Å². The van der Waals surface area contributed by atoms with E-state index in [-0.39, 0.29) is 0 Å². The molecule has 1 aromatic carbocycles. The summed E-state index contributed by atoms with van der Waals surface area (Å²) in [5, 5.41) is 0. The minimum absolute atomic E-state index is 1.01. The quantitative estimate of drug-likeness (QED) is 0.652. The molecule has 0 bridgehead atoms. The molecule has 0 unspecified atom stereocenters. The minimum Gasteiger partial charge on any atom is -0.378 e. The standard InChI is InChI=1S/C11H12NO/c1-12(2)11-7-3-5-10(9-11)6-4-8-13/h3-7,9H,1-2H3. The van der Waals surface area contributed by atoms with Gasteiger partial charge in [0, 0.05) is 19.8 Å². The van der Waals surface area contributed by atoms with Gasteiger partial charge in [0.1, 0.15) is 0 Å². The lowest BCUT2D eigenvalue weighted by atomic mass is 10.2. The van der Waals surface area contributed by atoms with Crippen molar-refractivity contribution in [1.82, 2.24) is 0 Å². The highest BCUT2D eigenvalue weighted by molar-refractivity contribution is 5.75. The lowest BCUT2D eigenvalue weighted by molar-refractivity contribution is 0.564. The van der Waals surface area contributed by atoms with E-state index < -0.39 is 0 Å². The molecule has 1 radical (unpaired) electrons. The molecule has 1 rings (SSSR count). The van der Waals surface area contributed by atoms with Gasteiger partial charge in [-0.3, -0.25) is 4.79 Å². The highest BCUT2D eigenvalue weighted by Crippen LogP contribution is 2.13. The third-order valence-corrected chi connectivity index (χ3v) is 1.73. The third kappa shape index (κ3) is 2.75. The summed E-state index contributed by atoms with van der Waals surface area (Å²) in [5.41, 5.74) is 2.13. The van der Waals surface area contributed by atoms with Gasteiger partial charge in [-0.15, -0.1) is 0 Å². The second-order valence-electron chi connectivity index (χ2n) is 2.94. The SMILES string of the molecule is CN(C)c1cccc(C=C[C]=O)c1. The molecule has 0 saturated carbocycles. The largest absolute Gasteiger partial charge is 0.378 e. The molecule has 2 heteroatoms. The Morgan fingerprint density at radius 2 is 2.15 bits per heavy atom. The first kappa shape index (κ1) is 9.52. The predicted octanol–water partition coefficient (Wildman–Crippen LogP) is 1.88. The van der Waals surface area contributed by atoms with Crippen LogP contribution in [0.15, 0.2) is 30.3 Å². The summed E-state index contributed by atoms with van der Waals surface area (Å²) < 4.78 is 0. The van der Waals surface area contributed by atoms with E-state index in [1.807, 2.05) is 43.3 Å². The van der Waals surface area contributed by atoms with Crippen molar-refractivity contribution in [2.24, 2.45) is 0 Å². The Morgan fingerprint density at radius 3 is 2.77 bits per heavy atom. The van der Waals surface area contributed by atoms with Crippen LogP contribution >= 0.6 is 0 Å². The van der Waals surface area contributed by atoms with Gasteiger partial charge in [-0.2, -0.15) is 0 Å². The molecule has 0 heterocycles. The average Bonchev–Trinajstić information content (AvgIpc) is 2.15. The first-order valence-electron chi connectivity index (χ1n) is 4.05. The Kier molecular flexibility index (Phi) is 3.26. The molecule has 0 aliphatic carbocycles. The van der Waals surface area contributed by atoms with Crippen molar-refractivity contribution in [2.75, 3.05) is 19.0 Å². The molecule has 0 aliphatic rings. The molecule has 0 atom stereocenters. The number of hydrogen-bond donors (Lipinski definition) is 0. The van der Waals surface area contributed by atoms with Crippen molar-refractivity contribution >= 4 is 18.0 Å². The van der Waals surface area contributed by atoms with Crippen LogP contribution in [0.25, 0.3) is 6.08 Å². The van der Waals surface area contributed by atoms with Gasteiger partial charge in [0.25, 0.3) is 0 Å². The maximum absolute atomic E-state index is 9.97. The van der Waals surface area contributed by atoms with Crippen LogP contribution in [0.5, 0.6) is 0 Å². The summed E-state index contributed by atoms with van der Waals surface area (Å²) in [6.07, 6.45) is 4.83. The van der Waals surface area contributed by atoms with Gasteiger partial charge in [0.2, 0.25) is 6.29 Å². The zero-order valence-corrected chi connectivity index (χ0v) is 7.82. The Morgan fingerprint density at radius 1 is 1.38 bits per heavy atom. The van der Waals surface area contributed by atoms with Crippen molar-refractivity contribution in [3.05, 3.63) is 35.9 Å². The van der Waals surface area contributed by atoms with E-state index in [9.17, 15) is 4.79 Å². The maximum Gasteiger partial charge on any atom is 0.225 e. The van der Waals surface area contributed by atoms with Gasteiger partial charge < -0.3 is 4.90 Å². The van der Waals surface area contributed by atoms with Crippen LogP contribution in [-0.2, 0) is 4.79 Å². The minimum atomic E-state index is 1.01. The highest BCUT2D eigenvalue weighted by atomic mass is 16.1. The molecule has 0 saturated heterocycles. The van der Waals surface area contributed by atoms with Crippen molar-refractivity contribution < 1.29 is 4.79 Å². The Balaban J connectivity index is 2.91. The Hall–Kier alpha value is -1.57. The summed E-state index contributed by atoms with van der Waals surface area (Å²) in [6.45, 7) is 0. The summed E-state index contributed by atoms with van der Waals surface area (Å²) in [6, 6.07) is 7.93. The number of carbonyl (C=O) groups excluding carboxylic acids is 1. The molecule has 13 heavy (non-hydrogen) atoms. The van der Waals surface area contributed by atoms with Crippen LogP contribution in [0.4, 0.5) is 5.69 Å². The molecule has 0 aromatic heterocycles. The summed E-state index contributed by atoms with van der Waals surface area (Å²) in [7, 11) is 3.96. The summed E-state index contributed by atoms with van der Waals surface area (Å²) >= 11 is 0. The van der Waals surface area contributed by atoms with Gasteiger partial charge in [-0.1, -0.05) is 18.2 Å². The van der Waals surface area contributed by atoms with Crippen LogP contribution in [0.1, 0.15) is 5.56 Å². The van der Waals surface area contributed by atoms with Crippen molar-refractivity contribution in [2.45, 2.75) is 0 Å². The van der Waals surface area contributed by atoms with Gasteiger partial charge in [0.15, 0.2) is 0 Å². The number of rotatable bonds is 3. The predicted molar refractivity (Wildman–Crippen MR) is 55.5 cm³/mol. The topological polar surface area (TPSA) is 20.3 Å². The first-order chi connectivity index (χ1) is 6.24. The first-order valence-corrected chi connectivity index (χ1v) is 4.05. The molecular weight excluding hydrogens is 162 g/mol. The zero-order chi connectivity index (χ0) is 9.68. The molecule has 2 nitrogen and oxygen atoms in total. The van der Waals surface area contributed by atoms with E-state index >= 15 is 0 Å². The maximum atomic E-state index is 9.97. The number of benzene rings is 1. The number of hydrogen-bond acceptors (Lipinski definition) is 2. The van der Waals surface area contributed by atoms with Gasteiger partial charge in [-0.05, 0) is 23.8 Å². The summed E-state index contributed by atoms with van der Waals surface area (Å²) in [4.78, 5) is 12.0.